The molecule has 0 bridgehead atoms. The van der Waals surface area contributed by atoms with E-state index in [0.717, 1.165) is 18.9 Å². The first kappa shape index (κ1) is 10.4. The summed E-state index contributed by atoms with van der Waals surface area (Å²) in [5.74, 6) is 7.19. The van der Waals surface area contributed by atoms with Crippen LogP contribution in [0, 0.1) is 0 Å². The lowest BCUT2D eigenvalue weighted by Crippen LogP contribution is -2.50. The molecule has 0 radical (unpaired) electrons. The first-order valence-electron chi connectivity index (χ1n) is 5.44. The van der Waals surface area contributed by atoms with Crippen LogP contribution in [-0.4, -0.2) is 61.2 Å². The Hall–Kier alpha value is -1.80. The van der Waals surface area contributed by atoms with Crippen LogP contribution in [0.5, 0.6) is 0 Å². The topological polar surface area (TPSA) is 100.0 Å². The largest absolute Gasteiger partial charge is 0.378 e. The van der Waals surface area contributed by atoms with Crippen molar-refractivity contribution in [3.63, 3.8) is 0 Å². The Balaban J connectivity index is 1.90. The van der Waals surface area contributed by atoms with E-state index in [1.54, 1.807) is 0 Å². The number of hydrogen-bond acceptors (Lipinski definition) is 8. The van der Waals surface area contributed by atoms with Crippen molar-refractivity contribution in [2.45, 2.75) is 6.04 Å². The molecule has 1 unspecified atom stereocenters. The van der Waals surface area contributed by atoms with Gasteiger partial charge in [-0.25, -0.2) is 10.8 Å². The number of hydrazine groups is 1. The van der Waals surface area contributed by atoms with Gasteiger partial charge in [0, 0.05) is 13.1 Å². The summed E-state index contributed by atoms with van der Waals surface area (Å²) < 4.78 is 5.32. The summed E-state index contributed by atoms with van der Waals surface area (Å²) in [6.45, 7) is 3.00. The van der Waals surface area contributed by atoms with Gasteiger partial charge in [-0.1, -0.05) is 0 Å². The molecule has 3 rings (SSSR count). The molecule has 8 heteroatoms. The number of nitrogens with two attached hydrogens (primary N) is 1. The fraction of sp³-hybridized carbons (Fsp3) is 0.556. The molecule has 1 atom stereocenters. The number of guanidine groups is 1. The van der Waals surface area contributed by atoms with E-state index in [1.807, 2.05) is 0 Å². The fourth-order valence-electron chi connectivity index (χ4n) is 1.97. The Bertz CT molecular complexity index is 433. The number of rotatable bonds is 0. The van der Waals surface area contributed by atoms with Gasteiger partial charge >= 0.3 is 0 Å². The molecule has 17 heavy (non-hydrogen) atoms. The summed E-state index contributed by atoms with van der Waals surface area (Å²) in [6, 6.07) is -0.190. The van der Waals surface area contributed by atoms with Crippen molar-refractivity contribution in [1.82, 2.24) is 10.3 Å². The summed E-state index contributed by atoms with van der Waals surface area (Å²) in [5, 5.41) is 0. The van der Waals surface area contributed by atoms with E-state index in [4.69, 9.17) is 10.6 Å². The summed E-state index contributed by atoms with van der Waals surface area (Å²) in [7, 11) is 0. The molecular weight excluding hydrogens is 222 g/mol. The Morgan fingerprint density at radius 3 is 2.94 bits per heavy atom. The average molecular weight is 235 g/mol. The van der Waals surface area contributed by atoms with Crippen molar-refractivity contribution in [3.8, 4) is 0 Å². The van der Waals surface area contributed by atoms with Crippen molar-refractivity contribution >= 4 is 24.0 Å². The predicted molar refractivity (Wildman–Crippen MR) is 64.3 cm³/mol. The Morgan fingerprint density at radius 2 is 2.18 bits per heavy atom. The van der Waals surface area contributed by atoms with Crippen LogP contribution in [0.15, 0.2) is 20.0 Å². The molecule has 0 aromatic carbocycles. The SMILES string of the molecule is NNC1=NC2=NC=NC2C(N2CCOCC2)=N1. The minimum Gasteiger partial charge on any atom is -0.378 e. The van der Waals surface area contributed by atoms with Crippen LogP contribution < -0.4 is 11.3 Å². The zero-order chi connectivity index (χ0) is 11.7. The molecule has 8 nitrogen and oxygen atoms in total. The lowest BCUT2D eigenvalue weighted by molar-refractivity contribution is 0.0673. The highest BCUT2D eigenvalue weighted by Crippen LogP contribution is 2.14. The van der Waals surface area contributed by atoms with Gasteiger partial charge in [0.15, 0.2) is 11.9 Å². The highest BCUT2D eigenvalue weighted by Gasteiger charge is 2.32. The summed E-state index contributed by atoms with van der Waals surface area (Å²) in [4.78, 5) is 19.0. The Labute approximate surface area is 98.0 Å². The predicted octanol–water partition coefficient (Wildman–Crippen LogP) is -1.64. The normalized spacial score (nSPS) is 27.2. The molecule has 3 aliphatic heterocycles. The smallest absolute Gasteiger partial charge is 0.240 e. The van der Waals surface area contributed by atoms with Crippen LogP contribution in [-0.2, 0) is 4.74 Å². The number of nitrogens with zero attached hydrogens (tertiary/aromatic N) is 5. The van der Waals surface area contributed by atoms with Gasteiger partial charge in [0.05, 0.1) is 13.2 Å². The molecule has 0 aromatic heterocycles. The van der Waals surface area contributed by atoms with E-state index in [-0.39, 0.29) is 6.04 Å². The highest BCUT2D eigenvalue weighted by molar-refractivity contribution is 6.22. The zero-order valence-corrected chi connectivity index (χ0v) is 9.20. The number of nitrogens with one attached hydrogen (secondary N) is 1. The fourth-order valence-corrected chi connectivity index (χ4v) is 1.97. The van der Waals surface area contributed by atoms with E-state index in [0.29, 0.717) is 25.0 Å². The Morgan fingerprint density at radius 1 is 1.35 bits per heavy atom. The summed E-state index contributed by atoms with van der Waals surface area (Å²) >= 11 is 0. The maximum Gasteiger partial charge on any atom is 0.240 e. The maximum atomic E-state index is 5.35. The van der Waals surface area contributed by atoms with Gasteiger partial charge in [-0.2, -0.15) is 9.98 Å². The number of fused-ring (bicyclic) bond motifs is 1. The van der Waals surface area contributed by atoms with Crippen LogP contribution in [0.3, 0.4) is 0 Å². The number of morpholine rings is 1. The second kappa shape index (κ2) is 4.22. The molecule has 1 fully saturated rings. The van der Waals surface area contributed by atoms with E-state index < -0.39 is 0 Å². The number of hydrogen-bond donors (Lipinski definition) is 2. The standard InChI is InChI=1S/C9H13N7O/c10-15-9-13-7-6(11-5-12-7)8(14-9)16-1-3-17-4-2-16/h5-6H,1-4,10H2,(H,11,12,13,15). The molecular formula is C9H13N7O. The first-order chi connectivity index (χ1) is 8.38. The van der Waals surface area contributed by atoms with E-state index >= 15 is 0 Å². The molecule has 0 aliphatic carbocycles. The monoisotopic (exact) mass is 235 g/mol. The van der Waals surface area contributed by atoms with Crippen LogP contribution in [0.2, 0.25) is 0 Å². The molecule has 0 saturated carbocycles. The number of aliphatic imine (C=N–C) groups is 4. The van der Waals surface area contributed by atoms with Gasteiger partial charge in [0.25, 0.3) is 0 Å². The molecule has 3 aliphatic rings. The average Bonchev–Trinajstić information content (AvgIpc) is 2.86. The molecule has 0 aromatic rings. The number of amidine groups is 2. The van der Waals surface area contributed by atoms with Crippen LogP contribution in [0.25, 0.3) is 0 Å². The highest BCUT2D eigenvalue weighted by atomic mass is 16.5. The summed E-state index contributed by atoms with van der Waals surface area (Å²) in [5.41, 5.74) is 2.45. The molecule has 3 heterocycles. The maximum absolute atomic E-state index is 5.35. The molecule has 3 N–H and O–H groups in total. The molecule has 0 spiro atoms. The van der Waals surface area contributed by atoms with Crippen molar-refractivity contribution in [2.24, 2.45) is 25.8 Å². The summed E-state index contributed by atoms with van der Waals surface area (Å²) in [6.07, 6.45) is 1.51. The molecule has 1 saturated heterocycles. The third-order valence-corrected chi connectivity index (χ3v) is 2.80. The van der Waals surface area contributed by atoms with E-state index in [2.05, 4.69) is 30.3 Å². The van der Waals surface area contributed by atoms with Crippen LogP contribution in [0.1, 0.15) is 0 Å². The Kier molecular flexibility index (Phi) is 2.57. The van der Waals surface area contributed by atoms with Crippen molar-refractivity contribution in [1.29, 1.82) is 0 Å². The van der Waals surface area contributed by atoms with Gasteiger partial charge in [0.2, 0.25) is 5.96 Å². The third-order valence-electron chi connectivity index (χ3n) is 2.80. The van der Waals surface area contributed by atoms with E-state index in [9.17, 15) is 0 Å². The second-order valence-electron chi connectivity index (χ2n) is 3.80. The van der Waals surface area contributed by atoms with Gasteiger partial charge < -0.3 is 9.64 Å². The van der Waals surface area contributed by atoms with Crippen molar-refractivity contribution < 1.29 is 4.74 Å². The number of ether oxygens (including phenoxy) is 1. The van der Waals surface area contributed by atoms with Crippen molar-refractivity contribution in [3.05, 3.63) is 0 Å². The lowest BCUT2D eigenvalue weighted by Gasteiger charge is -2.32. The quantitative estimate of drug-likeness (QED) is 0.388. The van der Waals surface area contributed by atoms with Crippen LogP contribution in [0.4, 0.5) is 0 Å². The van der Waals surface area contributed by atoms with Gasteiger partial charge in [-0.15, -0.1) is 0 Å². The first-order valence-corrected chi connectivity index (χ1v) is 5.44. The zero-order valence-electron chi connectivity index (χ0n) is 9.20. The molecule has 0 amide bonds. The molecule has 90 valence electrons. The lowest BCUT2D eigenvalue weighted by atomic mass is 10.2. The van der Waals surface area contributed by atoms with Gasteiger partial charge in [0.1, 0.15) is 12.2 Å². The van der Waals surface area contributed by atoms with Gasteiger partial charge in [-0.05, 0) is 0 Å². The third kappa shape index (κ3) is 1.81. The minimum atomic E-state index is -0.190. The minimum absolute atomic E-state index is 0.190. The second-order valence-corrected chi connectivity index (χ2v) is 3.80. The van der Waals surface area contributed by atoms with E-state index in [1.165, 1.54) is 6.34 Å². The van der Waals surface area contributed by atoms with Gasteiger partial charge in [-0.3, -0.25) is 10.4 Å². The van der Waals surface area contributed by atoms with Crippen molar-refractivity contribution in [2.75, 3.05) is 26.3 Å². The van der Waals surface area contributed by atoms with Crippen LogP contribution >= 0.6 is 0 Å².